The van der Waals surface area contributed by atoms with E-state index in [1.54, 1.807) is 12.3 Å². The molecule has 0 saturated carbocycles. The Morgan fingerprint density at radius 2 is 2.47 bits per heavy atom. The molecule has 0 aliphatic heterocycles. The molecule has 1 aromatic rings. The van der Waals surface area contributed by atoms with Crippen LogP contribution in [0.5, 0.6) is 5.88 Å². The second-order valence-corrected chi connectivity index (χ2v) is 3.90. The molecule has 1 rings (SSSR count). The van der Waals surface area contributed by atoms with Gasteiger partial charge in [-0.25, -0.2) is 4.98 Å². The Bertz CT molecular complexity index is 346. The average Bonchev–Trinajstić information content (AvgIpc) is 2.25. The Balaban J connectivity index is 2.74. The smallest absolute Gasteiger partial charge is 0.317 e. The van der Waals surface area contributed by atoms with Gasteiger partial charge >= 0.3 is 5.97 Å². The Hall–Kier alpha value is -1.30. The quantitative estimate of drug-likeness (QED) is 0.607. The molecule has 5 nitrogen and oxygen atoms in total. The Kier molecular flexibility index (Phi) is 4.36. The summed E-state index contributed by atoms with van der Waals surface area (Å²) in [5.41, 5.74) is 0. The molecule has 1 atom stereocenters. The van der Waals surface area contributed by atoms with Crippen molar-refractivity contribution >= 4 is 17.7 Å². The third-order valence-electron chi connectivity index (χ3n) is 1.71. The van der Waals surface area contributed by atoms with Gasteiger partial charge in [-0.15, -0.1) is 0 Å². The van der Waals surface area contributed by atoms with Gasteiger partial charge in [-0.2, -0.15) is 4.98 Å². The molecule has 0 saturated heterocycles. The van der Waals surface area contributed by atoms with Crippen LogP contribution in [0.4, 0.5) is 0 Å². The van der Waals surface area contributed by atoms with E-state index < -0.39 is 11.2 Å². The van der Waals surface area contributed by atoms with Crippen LogP contribution in [0.3, 0.4) is 0 Å². The topological polar surface area (TPSA) is 72.3 Å². The Morgan fingerprint density at radius 1 is 1.73 bits per heavy atom. The third-order valence-corrected chi connectivity index (χ3v) is 2.94. The summed E-state index contributed by atoms with van der Waals surface area (Å²) in [5, 5.41) is 8.76. The molecule has 1 unspecified atom stereocenters. The molecule has 0 amide bonds. The normalized spacial score (nSPS) is 12.1. The van der Waals surface area contributed by atoms with E-state index in [2.05, 4.69) is 9.97 Å². The van der Waals surface area contributed by atoms with Crippen molar-refractivity contribution in [2.45, 2.75) is 23.8 Å². The number of ether oxygens (including phenoxy) is 1. The molecule has 0 bridgehead atoms. The highest BCUT2D eigenvalue weighted by molar-refractivity contribution is 8.00. The minimum absolute atomic E-state index is 0.420. The maximum Gasteiger partial charge on any atom is 0.317 e. The molecule has 15 heavy (non-hydrogen) atoms. The van der Waals surface area contributed by atoms with Crippen LogP contribution < -0.4 is 4.74 Å². The van der Waals surface area contributed by atoms with Gasteiger partial charge in [0.2, 0.25) is 5.88 Å². The number of aromatic nitrogens is 2. The van der Waals surface area contributed by atoms with Gasteiger partial charge in [-0.05, 0) is 6.42 Å². The molecule has 1 aromatic heterocycles. The van der Waals surface area contributed by atoms with Gasteiger partial charge in [0.15, 0.2) is 5.16 Å². The van der Waals surface area contributed by atoms with E-state index >= 15 is 0 Å². The highest BCUT2D eigenvalue weighted by Crippen LogP contribution is 2.23. The van der Waals surface area contributed by atoms with Crippen molar-refractivity contribution in [1.82, 2.24) is 9.97 Å². The highest BCUT2D eigenvalue weighted by atomic mass is 32.2. The zero-order valence-electron chi connectivity index (χ0n) is 8.51. The van der Waals surface area contributed by atoms with Crippen molar-refractivity contribution in [1.29, 1.82) is 0 Å². The van der Waals surface area contributed by atoms with Gasteiger partial charge in [0.05, 0.1) is 7.11 Å². The lowest BCUT2D eigenvalue weighted by atomic mass is 10.3. The minimum atomic E-state index is -0.853. The van der Waals surface area contributed by atoms with Gasteiger partial charge in [0.1, 0.15) is 5.25 Å². The molecule has 1 N–H and O–H groups in total. The van der Waals surface area contributed by atoms with E-state index in [0.717, 1.165) is 11.8 Å². The molecule has 0 aromatic carbocycles. The first kappa shape index (κ1) is 11.8. The van der Waals surface area contributed by atoms with Crippen molar-refractivity contribution in [3.63, 3.8) is 0 Å². The second kappa shape index (κ2) is 5.55. The van der Waals surface area contributed by atoms with E-state index in [4.69, 9.17) is 9.84 Å². The number of rotatable bonds is 5. The summed E-state index contributed by atoms with van der Waals surface area (Å²) in [6.45, 7) is 1.81. The summed E-state index contributed by atoms with van der Waals surface area (Å²) >= 11 is 1.12. The first-order chi connectivity index (χ1) is 7.17. The number of thioether (sulfide) groups is 1. The van der Waals surface area contributed by atoms with E-state index in [1.807, 2.05) is 6.92 Å². The molecule has 1 heterocycles. The van der Waals surface area contributed by atoms with Crippen molar-refractivity contribution in [3.8, 4) is 5.88 Å². The SMILES string of the molecule is CCC(Sc1nccc(OC)n1)C(=O)O. The standard InChI is InChI=1S/C9H12N2O3S/c1-3-6(8(12)13)15-9-10-5-4-7(11-9)14-2/h4-6H,3H2,1-2H3,(H,12,13). The molecule has 0 aliphatic rings. The summed E-state index contributed by atoms with van der Waals surface area (Å²) in [6, 6.07) is 1.62. The summed E-state index contributed by atoms with van der Waals surface area (Å²) in [5.74, 6) is -0.415. The van der Waals surface area contributed by atoms with Crippen molar-refractivity contribution in [3.05, 3.63) is 12.3 Å². The van der Waals surface area contributed by atoms with Crippen LogP contribution in [0.25, 0.3) is 0 Å². The molecule has 82 valence electrons. The number of methoxy groups -OCH3 is 1. The first-order valence-corrected chi connectivity index (χ1v) is 5.31. The zero-order chi connectivity index (χ0) is 11.3. The number of nitrogens with zero attached hydrogens (tertiary/aromatic N) is 2. The van der Waals surface area contributed by atoms with Crippen LogP contribution in [0.15, 0.2) is 17.4 Å². The fourth-order valence-electron chi connectivity index (χ4n) is 0.931. The fraction of sp³-hybridized carbons (Fsp3) is 0.444. The zero-order valence-corrected chi connectivity index (χ0v) is 9.32. The number of hydrogen-bond acceptors (Lipinski definition) is 5. The molecule has 0 fully saturated rings. The van der Waals surface area contributed by atoms with Crippen LogP contribution in [0.1, 0.15) is 13.3 Å². The van der Waals surface area contributed by atoms with Gasteiger partial charge in [0.25, 0.3) is 0 Å². The highest BCUT2D eigenvalue weighted by Gasteiger charge is 2.18. The van der Waals surface area contributed by atoms with Crippen molar-refractivity contribution in [2.24, 2.45) is 0 Å². The monoisotopic (exact) mass is 228 g/mol. The van der Waals surface area contributed by atoms with E-state index in [0.29, 0.717) is 17.5 Å². The predicted molar refractivity (Wildman–Crippen MR) is 56.2 cm³/mol. The Labute approximate surface area is 91.9 Å². The first-order valence-electron chi connectivity index (χ1n) is 4.43. The number of carbonyl (C=O) groups is 1. The lowest BCUT2D eigenvalue weighted by Crippen LogP contribution is -2.15. The number of hydrogen-bond donors (Lipinski definition) is 1. The summed E-state index contributed by atoms with van der Waals surface area (Å²) in [7, 11) is 1.51. The van der Waals surface area contributed by atoms with Gasteiger partial charge in [0, 0.05) is 12.3 Å². The lowest BCUT2D eigenvalue weighted by Gasteiger charge is -2.07. The van der Waals surface area contributed by atoms with E-state index in [1.165, 1.54) is 7.11 Å². The molecule has 0 aliphatic carbocycles. The van der Waals surface area contributed by atoms with E-state index in [-0.39, 0.29) is 0 Å². The largest absolute Gasteiger partial charge is 0.481 e. The second-order valence-electron chi connectivity index (χ2n) is 2.73. The summed E-state index contributed by atoms with van der Waals surface area (Å²) in [4.78, 5) is 18.8. The predicted octanol–water partition coefficient (Wildman–Crippen LogP) is 1.44. The van der Waals surface area contributed by atoms with Crippen LogP contribution in [0.2, 0.25) is 0 Å². The van der Waals surface area contributed by atoms with Crippen LogP contribution in [0, 0.1) is 0 Å². The van der Waals surface area contributed by atoms with Gasteiger partial charge in [-0.1, -0.05) is 18.7 Å². The van der Waals surface area contributed by atoms with Gasteiger partial charge < -0.3 is 9.84 Å². The number of carboxylic acids is 1. The van der Waals surface area contributed by atoms with E-state index in [9.17, 15) is 4.79 Å². The number of carboxylic acid groups (broad SMARTS) is 1. The molecule has 0 radical (unpaired) electrons. The maximum absolute atomic E-state index is 10.8. The third kappa shape index (κ3) is 3.39. The minimum Gasteiger partial charge on any atom is -0.481 e. The summed E-state index contributed by atoms with van der Waals surface area (Å²) < 4.78 is 4.92. The molecular weight excluding hydrogens is 216 g/mol. The summed E-state index contributed by atoms with van der Waals surface area (Å²) in [6.07, 6.45) is 2.07. The molecule has 0 spiro atoms. The van der Waals surface area contributed by atoms with Gasteiger partial charge in [-0.3, -0.25) is 4.79 Å². The molecular formula is C9H12N2O3S. The number of aliphatic carboxylic acids is 1. The van der Waals surface area contributed by atoms with Crippen LogP contribution in [-0.2, 0) is 4.79 Å². The molecule has 6 heteroatoms. The fourth-order valence-corrected chi connectivity index (χ4v) is 1.72. The van der Waals surface area contributed by atoms with Crippen molar-refractivity contribution in [2.75, 3.05) is 7.11 Å². The maximum atomic E-state index is 10.8. The average molecular weight is 228 g/mol. The Morgan fingerprint density at radius 3 is 3.00 bits per heavy atom. The van der Waals surface area contributed by atoms with Crippen LogP contribution in [-0.4, -0.2) is 33.4 Å². The van der Waals surface area contributed by atoms with Crippen molar-refractivity contribution < 1.29 is 14.6 Å². The van der Waals surface area contributed by atoms with Crippen LogP contribution >= 0.6 is 11.8 Å². The lowest BCUT2D eigenvalue weighted by molar-refractivity contribution is -0.136.